The Morgan fingerprint density at radius 3 is 2.57 bits per heavy atom. The van der Waals surface area contributed by atoms with Gasteiger partial charge in [-0.15, -0.1) is 0 Å². The summed E-state index contributed by atoms with van der Waals surface area (Å²) in [6.07, 6.45) is 0.643. The lowest BCUT2D eigenvalue weighted by Crippen LogP contribution is -2.31. The number of ether oxygens (including phenoxy) is 1. The molecule has 1 aromatic rings. The fourth-order valence-corrected chi connectivity index (χ4v) is 2.32. The minimum Gasteiger partial charge on any atom is -0.480 e. The van der Waals surface area contributed by atoms with Crippen LogP contribution in [0.2, 0.25) is 5.02 Å². The second kappa shape index (κ2) is 6.97. The Hall–Kier alpha value is -2.12. The number of methoxy groups -OCH3 is 1. The molecule has 23 heavy (non-hydrogen) atoms. The van der Waals surface area contributed by atoms with Gasteiger partial charge in [0.2, 0.25) is 5.91 Å². The van der Waals surface area contributed by atoms with Gasteiger partial charge in [0, 0.05) is 19.3 Å². The Morgan fingerprint density at radius 2 is 2.04 bits per heavy atom. The van der Waals surface area contributed by atoms with Crippen LogP contribution in [-0.2, 0) is 14.3 Å². The van der Waals surface area contributed by atoms with Crippen molar-refractivity contribution < 1.29 is 24.2 Å². The zero-order chi connectivity index (χ0) is 17.0. The van der Waals surface area contributed by atoms with E-state index in [4.69, 9.17) is 21.4 Å². The molecule has 3 N–H and O–H groups in total. The van der Waals surface area contributed by atoms with Crippen molar-refractivity contribution in [3.63, 3.8) is 0 Å². The van der Waals surface area contributed by atoms with Crippen LogP contribution in [0.1, 0.15) is 23.2 Å². The second-order valence-corrected chi connectivity index (χ2v) is 5.69. The van der Waals surface area contributed by atoms with Gasteiger partial charge >= 0.3 is 5.97 Å². The topological polar surface area (TPSA) is 105 Å². The number of amides is 2. The van der Waals surface area contributed by atoms with Crippen LogP contribution >= 0.6 is 11.6 Å². The number of halogens is 1. The SMILES string of the molecule is COCCNC(=O)c1ccc(NC(=O)C2(C(=O)O)CC2)cc1Cl. The van der Waals surface area contributed by atoms with Crippen LogP contribution < -0.4 is 10.6 Å². The summed E-state index contributed by atoms with van der Waals surface area (Å²) in [5, 5.41) is 14.4. The largest absolute Gasteiger partial charge is 0.480 e. The van der Waals surface area contributed by atoms with E-state index in [1.807, 2.05) is 0 Å². The van der Waals surface area contributed by atoms with E-state index in [1.165, 1.54) is 25.3 Å². The van der Waals surface area contributed by atoms with Crippen molar-refractivity contribution >= 4 is 35.1 Å². The molecule has 124 valence electrons. The summed E-state index contributed by atoms with van der Waals surface area (Å²) in [5.74, 6) is -2.05. The van der Waals surface area contributed by atoms with E-state index in [0.717, 1.165) is 0 Å². The van der Waals surface area contributed by atoms with Crippen LogP contribution in [0.3, 0.4) is 0 Å². The first-order valence-electron chi connectivity index (χ1n) is 7.02. The molecule has 2 amide bonds. The lowest BCUT2D eigenvalue weighted by molar-refractivity contribution is -0.147. The number of benzene rings is 1. The Kier molecular flexibility index (Phi) is 5.23. The van der Waals surface area contributed by atoms with Crippen LogP contribution in [0, 0.1) is 5.41 Å². The highest BCUT2D eigenvalue weighted by Crippen LogP contribution is 2.46. The average molecular weight is 341 g/mol. The molecule has 1 saturated carbocycles. The molecule has 0 radical (unpaired) electrons. The van der Waals surface area contributed by atoms with Gasteiger partial charge in [0.1, 0.15) is 5.41 Å². The number of aliphatic carboxylic acids is 1. The van der Waals surface area contributed by atoms with E-state index in [0.29, 0.717) is 31.7 Å². The number of anilines is 1. The number of rotatable bonds is 7. The Labute approximate surface area is 138 Å². The third-order valence-corrected chi connectivity index (χ3v) is 3.97. The molecule has 0 aliphatic heterocycles. The first-order valence-corrected chi connectivity index (χ1v) is 7.40. The molecule has 1 fully saturated rings. The van der Waals surface area contributed by atoms with Gasteiger partial charge in [-0.3, -0.25) is 14.4 Å². The molecule has 0 unspecified atom stereocenters. The predicted octanol–water partition coefficient (Wildman–Crippen LogP) is 1.52. The monoisotopic (exact) mass is 340 g/mol. The van der Waals surface area contributed by atoms with Crippen molar-refractivity contribution in [3.05, 3.63) is 28.8 Å². The highest BCUT2D eigenvalue weighted by Gasteiger charge is 2.57. The van der Waals surface area contributed by atoms with E-state index in [9.17, 15) is 14.4 Å². The van der Waals surface area contributed by atoms with Crippen molar-refractivity contribution in [1.29, 1.82) is 0 Å². The van der Waals surface area contributed by atoms with E-state index >= 15 is 0 Å². The number of carbonyl (C=O) groups excluding carboxylic acids is 2. The molecule has 0 aromatic heterocycles. The maximum Gasteiger partial charge on any atom is 0.319 e. The summed E-state index contributed by atoms with van der Waals surface area (Å²) in [6.45, 7) is 0.736. The molecule has 1 aromatic carbocycles. The molecule has 0 atom stereocenters. The second-order valence-electron chi connectivity index (χ2n) is 5.28. The summed E-state index contributed by atoms with van der Waals surface area (Å²) in [7, 11) is 1.53. The van der Waals surface area contributed by atoms with Crippen LogP contribution in [0.4, 0.5) is 5.69 Å². The van der Waals surface area contributed by atoms with Crippen LogP contribution in [0.15, 0.2) is 18.2 Å². The predicted molar refractivity (Wildman–Crippen MR) is 83.6 cm³/mol. The highest BCUT2D eigenvalue weighted by molar-refractivity contribution is 6.34. The number of hydrogen-bond acceptors (Lipinski definition) is 4. The van der Waals surface area contributed by atoms with E-state index in [2.05, 4.69) is 10.6 Å². The number of nitrogens with one attached hydrogen (secondary N) is 2. The Bertz CT molecular complexity index is 643. The molecular formula is C15H17ClN2O5. The molecule has 2 rings (SSSR count). The summed E-state index contributed by atoms with van der Waals surface area (Å²) in [5.41, 5.74) is -0.719. The maximum absolute atomic E-state index is 12.0. The van der Waals surface area contributed by atoms with Gasteiger partial charge in [-0.25, -0.2) is 0 Å². The third-order valence-electron chi connectivity index (χ3n) is 3.66. The molecule has 1 aliphatic rings. The molecule has 0 saturated heterocycles. The molecule has 1 aliphatic carbocycles. The first kappa shape index (κ1) is 17.2. The number of carbonyl (C=O) groups is 3. The number of carboxylic acids is 1. The summed E-state index contributed by atoms with van der Waals surface area (Å²) >= 11 is 6.05. The molecule has 8 heteroatoms. The van der Waals surface area contributed by atoms with Crippen molar-refractivity contribution in [3.8, 4) is 0 Å². The lowest BCUT2D eigenvalue weighted by Gasteiger charge is -2.12. The average Bonchev–Trinajstić information content (AvgIpc) is 3.29. The quantitative estimate of drug-likeness (QED) is 0.515. The number of carboxylic acid groups (broad SMARTS) is 1. The fourth-order valence-electron chi connectivity index (χ4n) is 2.05. The molecule has 0 bridgehead atoms. The summed E-state index contributed by atoms with van der Waals surface area (Å²) in [4.78, 5) is 35.0. The van der Waals surface area contributed by atoms with Gasteiger partial charge in [0.05, 0.1) is 17.2 Å². The van der Waals surface area contributed by atoms with Crippen molar-refractivity contribution in [2.75, 3.05) is 25.6 Å². The van der Waals surface area contributed by atoms with Crippen molar-refractivity contribution in [2.24, 2.45) is 5.41 Å². The lowest BCUT2D eigenvalue weighted by atomic mass is 10.1. The standard InChI is InChI=1S/C15H17ClN2O5/c1-23-7-6-17-12(19)10-3-2-9(8-11(10)16)18-13(20)15(4-5-15)14(21)22/h2-3,8H,4-7H2,1H3,(H,17,19)(H,18,20)(H,21,22). The smallest absolute Gasteiger partial charge is 0.319 e. The first-order chi connectivity index (χ1) is 10.9. The van der Waals surface area contributed by atoms with Gasteiger partial charge in [-0.1, -0.05) is 11.6 Å². The molecule has 0 spiro atoms. The van der Waals surface area contributed by atoms with Gasteiger partial charge in [-0.2, -0.15) is 0 Å². The summed E-state index contributed by atoms with van der Waals surface area (Å²) < 4.78 is 4.84. The molecule has 0 heterocycles. The normalized spacial score (nSPS) is 14.9. The van der Waals surface area contributed by atoms with Crippen molar-refractivity contribution in [1.82, 2.24) is 5.32 Å². The zero-order valence-electron chi connectivity index (χ0n) is 12.5. The van der Waals surface area contributed by atoms with Gasteiger partial charge in [0.25, 0.3) is 5.91 Å². The van der Waals surface area contributed by atoms with Crippen LogP contribution in [0.5, 0.6) is 0 Å². The van der Waals surface area contributed by atoms with Crippen LogP contribution in [-0.4, -0.2) is 43.2 Å². The van der Waals surface area contributed by atoms with Crippen molar-refractivity contribution in [2.45, 2.75) is 12.8 Å². The fraction of sp³-hybridized carbons (Fsp3) is 0.400. The summed E-state index contributed by atoms with van der Waals surface area (Å²) in [6, 6.07) is 4.40. The van der Waals surface area contributed by atoms with Gasteiger partial charge < -0.3 is 20.5 Å². The zero-order valence-corrected chi connectivity index (χ0v) is 13.3. The maximum atomic E-state index is 12.0. The minimum atomic E-state index is -1.33. The molecular weight excluding hydrogens is 324 g/mol. The highest BCUT2D eigenvalue weighted by atomic mass is 35.5. The Balaban J connectivity index is 2.03. The number of hydrogen-bond donors (Lipinski definition) is 3. The van der Waals surface area contributed by atoms with Gasteiger partial charge in [-0.05, 0) is 31.0 Å². The molecule has 7 nitrogen and oxygen atoms in total. The Morgan fingerprint density at radius 1 is 1.35 bits per heavy atom. The minimum absolute atomic E-state index is 0.165. The van der Waals surface area contributed by atoms with Crippen LogP contribution in [0.25, 0.3) is 0 Å². The van der Waals surface area contributed by atoms with E-state index < -0.39 is 17.3 Å². The third kappa shape index (κ3) is 3.80. The van der Waals surface area contributed by atoms with E-state index in [-0.39, 0.29) is 16.5 Å². The van der Waals surface area contributed by atoms with E-state index in [1.54, 1.807) is 0 Å². The van der Waals surface area contributed by atoms with Gasteiger partial charge in [0.15, 0.2) is 0 Å².